The highest BCUT2D eigenvalue weighted by Gasteiger charge is 2.20. The van der Waals surface area contributed by atoms with Crippen LogP contribution in [-0.2, 0) is 11.3 Å². The number of likely N-dealkylation sites (tertiary alicyclic amines) is 1. The van der Waals surface area contributed by atoms with E-state index in [1.54, 1.807) is 6.20 Å². The molecule has 0 aliphatic carbocycles. The predicted octanol–water partition coefficient (Wildman–Crippen LogP) is 2.35. The van der Waals surface area contributed by atoms with Gasteiger partial charge in [0.25, 0.3) is 0 Å². The maximum atomic E-state index is 11.9. The van der Waals surface area contributed by atoms with E-state index in [0.717, 1.165) is 18.8 Å². The predicted molar refractivity (Wildman–Crippen MR) is 80.2 cm³/mol. The van der Waals surface area contributed by atoms with Crippen LogP contribution in [0, 0.1) is 0 Å². The van der Waals surface area contributed by atoms with Gasteiger partial charge in [-0.25, -0.2) is 0 Å². The molecule has 20 heavy (non-hydrogen) atoms. The van der Waals surface area contributed by atoms with E-state index in [4.69, 9.17) is 0 Å². The molecule has 2 rings (SSSR count). The lowest BCUT2D eigenvalue weighted by atomic mass is 10.00. The molecule has 0 radical (unpaired) electrons. The Morgan fingerprint density at radius 3 is 3.10 bits per heavy atom. The van der Waals surface area contributed by atoms with E-state index in [0.29, 0.717) is 19.0 Å². The maximum Gasteiger partial charge on any atom is 0.221 e. The summed E-state index contributed by atoms with van der Waals surface area (Å²) in [6.07, 6.45) is 7.42. The summed E-state index contributed by atoms with van der Waals surface area (Å²) < 4.78 is 0. The van der Waals surface area contributed by atoms with E-state index in [1.807, 2.05) is 18.2 Å². The number of nitrogens with one attached hydrogen (secondary N) is 1. The number of carbonyl (C=O) groups is 1. The van der Waals surface area contributed by atoms with Crippen molar-refractivity contribution < 1.29 is 4.79 Å². The monoisotopic (exact) mass is 275 g/mol. The molecule has 1 aliphatic heterocycles. The third kappa shape index (κ3) is 4.60. The number of piperidine rings is 1. The van der Waals surface area contributed by atoms with Gasteiger partial charge in [-0.3, -0.25) is 14.7 Å². The van der Waals surface area contributed by atoms with Crippen LogP contribution in [-0.4, -0.2) is 34.9 Å². The summed E-state index contributed by atoms with van der Waals surface area (Å²) >= 11 is 0. The molecular formula is C16H25N3O. The Morgan fingerprint density at radius 1 is 1.45 bits per heavy atom. The fraction of sp³-hybridized carbons (Fsp3) is 0.625. The van der Waals surface area contributed by atoms with Gasteiger partial charge < -0.3 is 5.32 Å². The number of rotatable bonds is 6. The number of hydrogen-bond acceptors (Lipinski definition) is 3. The summed E-state index contributed by atoms with van der Waals surface area (Å²) in [6, 6.07) is 6.42. The first kappa shape index (κ1) is 15.0. The SMILES string of the molecule is CCC1CCCCN1CCC(=O)NCc1ccccn1. The van der Waals surface area contributed by atoms with Gasteiger partial charge in [-0.1, -0.05) is 19.4 Å². The highest BCUT2D eigenvalue weighted by Crippen LogP contribution is 2.19. The molecule has 0 saturated carbocycles. The summed E-state index contributed by atoms with van der Waals surface area (Å²) in [5, 5.41) is 2.94. The molecule has 4 heteroatoms. The molecule has 110 valence electrons. The zero-order valence-electron chi connectivity index (χ0n) is 12.3. The van der Waals surface area contributed by atoms with Gasteiger partial charge in [-0.05, 0) is 37.9 Å². The largest absolute Gasteiger partial charge is 0.350 e. The van der Waals surface area contributed by atoms with E-state index < -0.39 is 0 Å². The summed E-state index contributed by atoms with van der Waals surface area (Å²) in [7, 11) is 0. The highest BCUT2D eigenvalue weighted by molar-refractivity contribution is 5.76. The number of aromatic nitrogens is 1. The molecule has 2 heterocycles. The van der Waals surface area contributed by atoms with Gasteiger partial charge in [0.2, 0.25) is 5.91 Å². The lowest BCUT2D eigenvalue weighted by Gasteiger charge is -2.34. The van der Waals surface area contributed by atoms with Gasteiger partial charge >= 0.3 is 0 Å². The van der Waals surface area contributed by atoms with Crippen molar-refractivity contribution in [2.24, 2.45) is 0 Å². The van der Waals surface area contributed by atoms with E-state index >= 15 is 0 Å². The smallest absolute Gasteiger partial charge is 0.221 e. The normalized spacial score (nSPS) is 19.8. The molecule has 1 unspecified atom stereocenters. The second-order valence-corrected chi connectivity index (χ2v) is 5.44. The van der Waals surface area contributed by atoms with Crippen molar-refractivity contribution in [3.05, 3.63) is 30.1 Å². The van der Waals surface area contributed by atoms with Crippen molar-refractivity contribution in [3.63, 3.8) is 0 Å². The first-order valence-electron chi connectivity index (χ1n) is 7.70. The maximum absolute atomic E-state index is 11.9. The molecular weight excluding hydrogens is 250 g/mol. The lowest BCUT2D eigenvalue weighted by Crippen LogP contribution is -2.41. The second kappa shape index (κ2) is 8.00. The van der Waals surface area contributed by atoms with Crippen molar-refractivity contribution >= 4 is 5.91 Å². The summed E-state index contributed by atoms with van der Waals surface area (Å²) in [5.41, 5.74) is 0.908. The number of pyridine rings is 1. The molecule has 1 aliphatic rings. The van der Waals surface area contributed by atoms with Crippen LogP contribution in [0.1, 0.15) is 44.7 Å². The Hall–Kier alpha value is -1.42. The van der Waals surface area contributed by atoms with Gasteiger partial charge in [-0.15, -0.1) is 0 Å². The molecule has 1 fully saturated rings. The van der Waals surface area contributed by atoms with Crippen molar-refractivity contribution in [2.75, 3.05) is 13.1 Å². The van der Waals surface area contributed by atoms with Gasteiger partial charge in [0.1, 0.15) is 0 Å². The summed E-state index contributed by atoms with van der Waals surface area (Å²) in [6.45, 7) is 4.79. The van der Waals surface area contributed by atoms with E-state index in [-0.39, 0.29) is 5.91 Å². The van der Waals surface area contributed by atoms with Crippen LogP contribution in [0.3, 0.4) is 0 Å². The van der Waals surface area contributed by atoms with Crippen LogP contribution >= 0.6 is 0 Å². The fourth-order valence-corrected chi connectivity index (χ4v) is 2.84. The minimum atomic E-state index is 0.121. The summed E-state index contributed by atoms with van der Waals surface area (Å²) in [4.78, 5) is 18.6. The van der Waals surface area contributed by atoms with E-state index in [2.05, 4.69) is 22.1 Å². The summed E-state index contributed by atoms with van der Waals surface area (Å²) in [5.74, 6) is 0.121. The van der Waals surface area contributed by atoms with Crippen LogP contribution in [0.2, 0.25) is 0 Å². The van der Waals surface area contributed by atoms with Gasteiger partial charge in [0.05, 0.1) is 12.2 Å². The van der Waals surface area contributed by atoms with Crippen molar-refractivity contribution in [1.29, 1.82) is 0 Å². The van der Waals surface area contributed by atoms with Crippen molar-refractivity contribution in [1.82, 2.24) is 15.2 Å². The van der Waals surface area contributed by atoms with E-state index in [1.165, 1.54) is 25.7 Å². The molecule has 1 amide bonds. The Bertz CT molecular complexity index is 407. The minimum Gasteiger partial charge on any atom is -0.350 e. The number of amides is 1. The number of nitrogens with zero attached hydrogens (tertiary/aromatic N) is 2. The molecule has 1 atom stereocenters. The Morgan fingerprint density at radius 2 is 2.35 bits per heavy atom. The Kier molecular flexibility index (Phi) is 5.99. The molecule has 1 N–H and O–H groups in total. The van der Waals surface area contributed by atoms with Crippen LogP contribution in [0.4, 0.5) is 0 Å². The second-order valence-electron chi connectivity index (χ2n) is 5.44. The van der Waals surface area contributed by atoms with Crippen LogP contribution in [0.15, 0.2) is 24.4 Å². The minimum absolute atomic E-state index is 0.121. The van der Waals surface area contributed by atoms with Crippen LogP contribution < -0.4 is 5.32 Å². The third-order valence-electron chi connectivity index (χ3n) is 4.04. The third-order valence-corrected chi connectivity index (χ3v) is 4.04. The van der Waals surface area contributed by atoms with Crippen molar-refractivity contribution in [3.8, 4) is 0 Å². The van der Waals surface area contributed by atoms with Gasteiger partial charge in [0, 0.05) is 25.2 Å². The fourth-order valence-electron chi connectivity index (χ4n) is 2.84. The molecule has 4 nitrogen and oxygen atoms in total. The molecule has 1 aromatic heterocycles. The van der Waals surface area contributed by atoms with Crippen LogP contribution in [0.25, 0.3) is 0 Å². The van der Waals surface area contributed by atoms with Crippen LogP contribution in [0.5, 0.6) is 0 Å². The first-order chi connectivity index (χ1) is 9.79. The zero-order valence-corrected chi connectivity index (χ0v) is 12.3. The molecule has 0 bridgehead atoms. The topological polar surface area (TPSA) is 45.2 Å². The zero-order chi connectivity index (χ0) is 14.2. The van der Waals surface area contributed by atoms with Gasteiger partial charge in [-0.2, -0.15) is 0 Å². The number of hydrogen-bond donors (Lipinski definition) is 1. The van der Waals surface area contributed by atoms with E-state index in [9.17, 15) is 4.79 Å². The quantitative estimate of drug-likeness (QED) is 0.867. The van der Waals surface area contributed by atoms with Gasteiger partial charge in [0.15, 0.2) is 0 Å². The first-order valence-corrected chi connectivity index (χ1v) is 7.70. The van der Waals surface area contributed by atoms with Crippen molar-refractivity contribution in [2.45, 2.75) is 51.6 Å². The standard InChI is InChI=1S/C16H25N3O/c1-2-15-8-4-6-11-19(15)12-9-16(20)18-13-14-7-3-5-10-17-14/h3,5,7,10,15H,2,4,6,8-9,11-13H2,1H3,(H,18,20). The Balaban J connectivity index is 1.69. The lowest BCUT2D eigenvalue weighted by molar-refractivity contribution is -0.121. The molecule has 1 aromatic rings. The highest BCUT2D eigenvalue weighted by atomic mass is 16.1. The molecule has 1 saturated heterocycles. The molecule has 0 spiro atoms. The average molecular weight is 275 g/mol. The Labute approximate surface area is 121 Å². The molecule has 0 aromatic carbocycles. The number of carbonyl (C=O) groups excluding carboxylic acids is 1. The average Bonchev–Trinajstić information content (AvgIpc) is 2.52.